The molecule has 34 heavy (non-hydrogen) atoms. The lowest BCUT2D eigenvalue weighted by Crippen LogP contribution is -2.39. The molecule has 1 aliphatic heterocycles. The maximum atomic E-state index is 13.2. The molecule has 4 rings (SSSR count). The average molecular weight is 467 g/mol. The molecule has 8 heteroatoms. The third kappa shape index (κ3) is 5.67. The summed E-state index contributed by atoms with van der Waals surface area (Å²) >= 11 is 0. The van der Waals surface area contributed by atoms with E-state index in [4.69, 9.17) is 9.47 Å². The number of likely N-dealkylation sites (N-methyl/N-ethyl adjacent to an activating group) is 1. The van der Waals surface area contributed by atoms with Crippen LogP contribution in [0.3, 0.4) is 0 Å². The highest BCUT2D eigenvalue weighted by molar-refractivity contribution is 5.96. The van der Waals surface area contributed by atoms with Crippen molar-refractivity contribution in [1.82, 2.24) is 15.2 Å². The zero-order chi connectivity index (χ0) is 23.9. The summed E-state index contributed by atoms with van der Waals surface area (Å²) in [7, 11) is 3.71. The van der Waals surface area contributed by atoms with E-state index in [0.29, 0.717) is 42.2 Å². The quantitative estimate of drug-likeness (QED) is 0.636. The summed E-state index contributed by atoms with van der Waals surface area (Å²) < 4.78 is 11.5. The number of nitrogens with one attached hydrogen (secondary N) is 1. The first-order valence-electron chi connectivity index (χ1n) is 12.1. The third-order valence-electron chi connectivity index (χ3n) is 6.70. The zero-order valence-corrected chi connectivity index (χ0v) is 20.1. The number of anilines is 1. The number of carbonyl (C=O) groups excluding carboxylic acids is 2. The van der Waals surface area contributed by atoms with E-state index in [2.05, 4.69) is 22.2 Å². The molecule has 0 radical (unpaired) electrons. The van der Waals surface area contributed by atoms with Crippen LogP contribution in [-0.4, -0.2) is 55.0 Å². The van der Waals surface area contributed by atoms with E-state index in [-0.39, 0.29) is 24.7 Å². The van der Waals surface area contributed by atoms with Crippen LogP contribution in [0.5, 0.6) is 17.4 Å². The average Bonchev–Trinajstić information content (AvgIpc) is 3.04. The van der Waals surface area contributed by atoms with E-state index < -0.39 is 0 Å². The van der Waals surface area contributed by atoms with Crippen LogP contribution in [0.15, 0.2) is 36.5 Å². The molecule has 1 fully saturated rings. The summed E-state index contributed by atoms with van der Waals surface area (Å²) in [5.41, 5.74) is 1.40. The first-order valence-corrected chi connectivity index (χ1v) is 12.1. The smallest absolute Gasteiger partial charge is 0.243 e. The van der Waals surface area contributed by atoms with Gasteiger partial charge in [0.05, 0.1) is 13.7 Å². The standard InChI is InChI=1S/C26H34N4O4/c1-29(20-9-4-3-5-10-20)17-16-27-23(31)13-14-24(32)30-18-19-8-6-12-22(33-2)25(19)34-26-21(30)11-7-15-28-26/h6-8,11-12,15,20H,3-5,9-10,13-14,16-18H2,1-2H3,(H,27,31). The van der Waals surface area contributed by atoms with E-state index in [1.165, 1.54) is 32.1 Å². The van der Waals surface area contributed by atoms with Crippen LogP contribution in [0.4, 0.5) is 5.69 Å². The second-order valence-corrected chi connectivity index (χ2v) is 8.98. The highest BCUT2D eigenvalue weighted by Gasteiger charge is 2.28. The van der Waals surface area contributed by atoms with E-state index in [0.717, 1.165) is 12.1 Å². The zero-order valence-electron chi connectivity index (χ0n) is 20.1. The lowest BCUT2D eigenvalue weighted by Gasteiger charge is -2.31. The fraction of sp³-hybridized carbons (Fsp3) is 0.500. The van der Waals surface area contributed by atoms with Crippen molar-refractivity contribution in [2.45, 2.75) is 57.5 Å². The van der Waals surface area contributed by atoms with Crippen molar-refractivity contribution in [3.63, 3.8) is 0 Å². The molecule has 1 N–H and O–H groups in total. The van der Waals surface area contributed by atoms with Gasteiger partial charge in [-0.15, -0.1) is 0 Å². The maximum Gasteiger partial charge on any atom is 0.243 e. The van der Waals surface area contributed by atoms with Gasteiger partial charge in [0.15, 0.2) is 11.5 Å². The van der Waals surface area contributed by atoms with E-state index in [1.54, 1.807) is 30.3 Å². The number of hydrogen-bond donors (Lipinski definition) is 1. The second kappa shape index (κ2) is 11.3. The number of amides is 2. The summed E-state index contributed by atoms with van der Waals surface area (Å²) in [5.74, 6) is 1.23. The van der Waals surface area contributed by atoms with Gasteiger partial charge in [0.25, 0.3) is 0 Å². The Morgan fingerprint density at radius 2 is 2.00 bits per heavy atom. The van der Waals surface area contributed by atoms with Gasteiger partial charge in [0.1, 0.15) is 5.69 Å². The number of methoxy groups -OCH3 is 1. The molecule has 182 valence electrons. The molecule has 0 saturated heterocycles. The Kier molecular flexibility index (Phi) is 8.00. The molecule has 1 aliphatic carbocycles. The van der Waals surface area contributed by atoms with Gasteiger partial charge < -0.3 is 24.6 Å². The fourth-order valence-corrected chi connectivity index (χ4v) is 4.72. The molecule has 0 unspecified atom stereocenters. The molecule has 2 amide bonds. The van der Waals surface area contributed by atoms with Crippen molar-refractivity contribution in [2.24, 2.45) is 0 Å². The normalized spacial score (nSPS) is 15.7. The van der Waals surface area contributed by atoms with Gasteiger partial charge >= 0.3 is 0 Å². The minimum absolute atomic E-state index is 0.107. The molecule has 1 aromatic carbocycles. The van der Waals surface area contributed by atoms with E-state index >= 15 is 0 Å². The van der Waals surface area contributed by atoms with Gasteiger partial charge in [-0.05, 0) is 38.1 Å². The molecule has 8 nitrogen and oxygen atoms in total. The minimum Gasteiger partial charge on any atom is -0.493 e. The van der Waals surface area contributed by atoms with Crippen LogP contribution in [0.25, 0.3) is 0 Å². The second-order valence-electron chi connectivity index (χ2n) is 8.98. The monoisotopic (exact) mass is 466 g/mol. The Hall–Kier alpha value is -3.13. The van der Waals surface area contributed by atoms with Crippen LogP contribution in [0.2, 0.25) is 0 Å². The Balaban J connectivity index is 1.34. The molecule has 2 heterocycles. The van der Waals surface area contributed by atoms with Crippen molar-refractivity contribution in [3.05, 3.63) is 42.1 Å². The maximum absolute atomic E-state index is 13.2. The van der Waals surface area contributed by atoms with Gasteiger partial charge in [0.2, 0.25) is 17.7 Å². The molecule has 2 aliphatic rings. The Bertz CT molecular complexity index is 1010. The van der Waals surface area contributed by atoms with Crippen molar-refractivity contribution in [3.8, 4) is 17.4 Å². The molecule has 1 saturated carbocycles. The van der Waals surface area contributed by atoms with Crippen molar-refractivity contribution in [2.75, 3.05) is 32.1 Å². The van der Waals surface area contributed by atoms with Crippen LogP contribution in [0.1, 0.15) is 50.5 Å². The highest BCUT2D eigenvalue weighted by Crippen LogP contribution is 2.42. The molecule has 0 spiro atoms. The SMILES string of the molecule is COc1cccc2c1Oc1ncccc1N(C(=O)CCC(=O)NCCN(C)C1CCCCC1)C2. The predicted molar refractivity (Wildman–Crippen MR) is 130 cm³/mol. The summed E-state index contributed by atoms with van der Waals surface area (Å²) in [6.45, 7) is 1.74. The van der Waals surface area contributed by atoms with Gasteiger partial charge in [-0.1, -0.05) is 31.4 Å². The number of benzene rings is 1. The Morgan fingerprint density at radius 3 is 2.79 bits per heavy atom. The number of hydrogen-bond acceptors (Lipinski definition) is 6. The summed E-state index contributed by atoms with van der Waals surface area (Å²) in [4.78, 5) is 33.9. The van der Waals surface area contributed by atoms with Crippen LogP contribution in [-0.2, 0) is 16.1 Å². The number of para-hydroxylation sites is 1. The Labute approximate surface area is 201 Å². The fourth-order valence-electron chi connectivity index (χ4n) is 4.72. The lowest BCUT2D eigenvalue weighted by atomic mass is 9.94. The molecular weight excluding hydrogens is 432 g/mol. The van der Waals surface area contributed by atoms with Gasteiger partial charge in [-0.3, -0.25) is 9.59 Å². The van der Waals surface area contributed by atoms with Crippen LogP contribution in [0, 0.1) is 0 Å². The topological polar surface area (TPSA) is 84.0 Å². The van der Waals surface area contributed by atoms with Gasteiger partial charge in [0, 0.05) is 43.7 Å². The number of ether oxygens (including phenoxy) is 2. The largest absolute Gasteiger partial charge is 0.493 e. The van der Waals surface area contributed by atoms with Crippen LogP contribution >= 0.6 is 0 Å². The number of fused-ring (bicyclic) bond motifs is 2. The number of carbonyl (C=O) groups is 2. The van der Waals surface area contributed by atoms with Crippen molar-refractivity contribution >= 4 is 17.5 Å². The number of nitrogens with zero attached hydrogens (tertiary/aromatic N) is 3. The molecular formula is C26H34N4O4. The Morgan fingerprint density at radius 1 is 1.18 bits per heavy atom. The number of rotatable bonds is 8. The molecule has 2 aromatic rings. The molecule has 0 atom stereocenters. The first kappa shape index (κ1) is 24.0. The molecule has 1 aromatic heterocycles. The molecule has 0 bridgehead atoms. The van der Waals surface area contributed by atoms with Crippen LogP contribution < -0.4 is 19.7 Å². The summed E-state index contributed by atoms with van der Waals surface area (Å²) in [6.07, 6.45) is 8.27. The highest BCUT2D eigenvalue weighted by atomic mass is 16.5. The van der Waals surface area contributed by atoms with E-state index in [1.807, 2.05) is 18.2 Å². The third-order valence-corrected chi connectivity index (χ3v) is 6.70. The number of pyridine rings is 1. The lowest BCUT2D eigenvalue weighted by molar-refractivity contribution is -0.125. The summed E-state index contributed by atoms with van der Waals surface area (Å²) in [5, 5.41) is 2.97. The van der Waals surface area contributed by atoms with Crippen molar-refractivity contribution < 1.29 is 19.1 Å². The first-order chi connectivity index (χ1) is 16.6. The minimum atomic E-state index is -0.150. The van der Waals surface area contributed by atoms with Gasteiger partial charge in [-0.25, -0.2) is 4.98 Å². The predicted octanol–water partition coefficient (Wildman–Crippen LogP) is 3.89. The van der Waals surface area contributed by atoms with E-state index in [9.17, 15) is 9.59 Å². The van der Waals surface area contributed by atoms with Crippen molar-refractivity contribution in [1.29, 1.82) is 0 Å². The summed E-state index contributed by atoms with van der Waals surface area (Å²) in [6, 6.07) is 9.78. The van der Waals surface area contributed by atoms with Gasteiger partial charge in [-0.2, -0.15) is 0 Å². The number of aromatic nitrogens is 1.